The highest BCUT2D eigenvalue weighted by molar-refractivity contribution is 7.92. The Morgan fingerprint density at radius 1 is 1.16 bits per heavy atom. The minimum Gasteiger partial charge on any atom is -0.478 e. The number of nitrogens with one attached hydrogen (secondary N) is 1. The van der Waals surface area contributed by atoms with Crippen molar-refractivity contribution in [1.29, 1.82) is 0 Å². The summed E-state index contributed by atoms with van der Waals surface area (Å²) in [6, 6.07) is 12.4. The molecule has 0 saturated heterocycles. The highest BCUT2D eigenvalue weighted by atomic mass is 32.2. The average Bonchev–Trinajstić information content (AvgIpc) is 2.60. The van der Waals surface area contributed by atoms with Gasteiger partial charge in [0.2, 0.25) is 0 Å². The number of benzene rings is 2. The van der Waals surface area contributed by atoms with Crippen LogP contribution in [0.1, 0.15) is 30.1 Å². The molecule has 2 aromatic carbocycles. The number of rotatable bonds is 8. The minimum atomic E-state index is -3.80. The molecule has 0 atom stereocenters. The van der Waals surface area contributed by atoms with Crippen LogP contribution in [-0.2, 0) is 10.0 Å². The van der Waals surface area contributed by atoms with Crippen molar-refractivity contribution in [2.24, 2.45) is 0 Å². The normalized spacial score (nSPS) is 11.1. The second kappa shape index (κ2) is 8.02. The van der Waals surface area contributed by atoms with Crippen molar-refractivity contribution in [2.45, 2.75) is 24.7 Å². The number of carboxylic acid groups (broad SMARTS) is 1. The first-order valence-electron chi connectivity index (χ1n) is 8.01. The largest absolute Gasteiger partial charge is 0.478 e. The van der Waals surface area contributed by atoms with Crippen molar-refractivity contribution in [2.75, 3.05) is 23.2 Å². The first-order valence-corrected chi connectivity index (χ1v) is 9.50. The predicted molar refractivity (Wildman–Crippen MR) is 98.8 cm³/mol. The van der Waals surface area contributed by atoms with Crippen LogP contribution >= 0.6 is 0 Å². The lowest BCUT2D eigenvalue weighted by atomic mass is 10.1. The molecule has 2 rings (SSSR count). The quantitative estimate of drug-likeness (QED) is 0.751. The molecular formula is C18H22N2O4S. The van der Waals surface area contributed by atoms with E-state index < -0.39 is 16.0 Å². The van der Waals surface area contributed by atoms with E-state index in [-0.39, 0.29) is 16.1 Å². The number of carboxylic acids is 1. The third-order valence-electron chi connectivity index (χ3n) is 3.80. The molecule has 2 aromatic rings. The van der Waals surface area contributed by atoms with Gasteiger partial charge in [-0.3, -0.25) is 4.72 Å². The molecule has 0 unspecified atom stereocenters. The fraction of sp³-hybridized carbons (Fsp3) is 0.278. The van der Waals surface area contributed by atoms with Crippen LogP contribution in [0.5, 0.6) is 0 Å². The molecule has 0 aliphatic heterocycles. The summed E-state index contributed by atoms with van der Waals surface area (Å²) >= 11 is 0. The fourth-order valence-electron chi connectivity index (χ4n) is 2.40. The number of anilines is 2. The van der Waals surface area contributed by atoms with Gasteiger partial charge in [-0.1, -0.05) is 31.5 Å². The number of aromatic carboxylic acids is 1. The summed E-state index contributed by atoms with van der Waals surface area (Å²) in [5.74, 6) is -1.11. The Morgan fingerprint density at radius 2 is 1.84 bits per heavy atom. The number of hydrogen-bond acceptors (Lipinski definition) is 4. The number of carbonyl (C=O) groups is 1. The minimum absolute atomic E-state index is 0.0263. The molecule has 0 aromatic heterocycles. The molecule has 0 aliphatic carbocycles. The molecule has 0 spiro atoms. The standard InChI is InChI=1S/C18H22N2O4S/c1-3-4-12-20(2)17-11-10-14(18(21)22)13-16(17)19-25(23,24)15-8-6-5-7-9-15/h5-11,13,19H,3-4,12H2,1-2H3,(H,21,22). The maximum absolute atomic E-state index is 12.6. The zero-order chi connectivity index (χ0) is 18.4. The van der Waals surface area contributed by atoms with Gasteiger partial charge < -0.3 is 10.0 Å². The zero-order valence-corrected chi connectivity index (χ0v) is 15.1. The Hall–Kier alpha value is -2.54. The van der Waals surface area contributed by atoms with E-state index >= 15 is 0 Å². The maximum Gasteiger partial charge on any atom is 0.335 e. The monoisotopic (exact) mass is 362 g/mol. The van der Waals surface area contributed by atoms with E-state index in [1.54, 1.807) is 24.3 Å². The molecule has 2 N–H and O–H groups in total. The number of sulfonamides is 1. The summed E-state index contributed by atoms with van der Waals surface area (Å²) in [4.78, 5) is 13.3. The van der Waals surface area contributed by atoms with Gasteiger partial charge in [0.1, 0.15) is 0 Å². The third-order valence-corrected chi connectivity index (χ3v) is 5.18. The summed E-state index contributed by atoms with van der Waals surface area (Å²) in [5.41, 5.74) is 0.915. The van der Waals surface area contributed by atoms with Crippen molar-refractivity contribution in [3.63, 3.8) is 0 Å². The van der Waals surface area contributed by atoms with Crippen LogP contribution in [-0.4, -0.2) is 33.1 Å². The van der Waals surface area contributed by atoms with Crippen LogP contribution < -0.4 is 9.62 Å². The predicted octanol–water partition coefficient (Wildman–Crippen LogP) is 3.42. The van der Waals surface area contributed by atoms with Crippen LogP contribution in [0.3, 0.4) is 0 Å². The Balaban J connectivity index is 2.42. The van der Waals surface area contributed by atoms with Gasteiger partial charge in [0.05, 0.1) is 21.8 Å². The van der Waals surface area contributed by atoms with E-state index in [0.717, 1.165) is 19.4 Å². The second-order valence-electron chi connectivity index (χ2n) is 5.73. The van der Waals surface area contributed by atoms with Crippen molar-refractivity contribution in [1.82, 2.24) is 0 Å². The number of hydrogen-bond donors (Lipinski definition) is 2. The summed E-state index contributed by atoms with van der Waals surface area (Å²) in [5, 5.41) is 9.20. The smallest absolute Gasteiger partial charge is 0.335 e. The highest BCUT2D eigenvalue weighted by Crippen LogP contribution is 2.29. The van der Waals surface area contributed by atoms with Crippen molar-refractivity contribution < 1.29 is 18.3 Å². The van der Waals surface area contributed by atoms with Gasteiger partial charge in [0.25, 0.3) is 10.0 Å². The van der Waals surface area contributed by atoms with Crippen molar-refractivity contribution in [3.05, 3.63) is 54.1 Å². The summed E-state index contributed by atoms with van der Waals surface area (Å²) in [6.45, 7) is 2.81. The van der Waals surface area contributed by atoms with Crippen LogP contribution in [0.4, 0.5) is 11.4 Å². The van der Waals surface area contributed by atoms with Crippen LogP contribution in [0.25, 0.3) is 0 Å². The maximum atomic E-state index is 12.6. The lowest BCUT2D eigenvalue weighted by Crippen LogP contribution is -2.22. The first-order chi connectivity index (χ1) is 11.8. The van der Waals surface area contributed by atoms with Gasteiger partial charge in [0.15, 0.2) is 0 Å². The number of nitrogens with zero attached hydrogens (tertiary/aromatic N) is 1. The Labute approximate surface area is 148 Å². The van der Waals surface area contributed by atoms with Crippen LogP contribution in [0.2, 0.25) is 0 Å². The first kappa shape index (κ1) is 18.8. The molecular weight excluding hydrogens is 340 g/mol. The lowest BCUT2D eigenvalue weighted by molar-refractivity contribution is 0.0697. The summed E-state index contributed by atoms with van der Waals surface area (Å²) in [7, 11) is -1.95. The molecule has 0 bridgehead atoms. The third kappa shape index (κ3) is 4.73. The molecule has 0 saturated carbocycles. The second-order valence-corrected chi connectivity index (χ2v) is 7.41. The zero-order valence-electron chi connectivity index (χ0n) is 14.3. The molecule has 0 aliphatic rings. The van der Waals surface area contributed by atoms with Gasteiger partial charge in [-0.2, -0.15) is 0 Å². The Kier molecular flexibility index (Phi) is 6.03. The SMILES string of the molecule is CCCCN(C)c1ccc(C(=O)O)cc1NS(=O)(=O)c1ccccc1. The molecule has 0 radical (unpaired) electrons. The van der Waals surface area contributed by atoms with Gasteiger partial charge in [-0.25, -0.2) is 13.2 Å². The van der Waals surface area contributed by atoms with E-state index in [2.05, 4.69) is 11.6 Å². The molecule has 7 heteroatoms. The topological polar surface area (TPSA) is 86.7 Å². The van der Waals surface area contributed by atoms with E-state index in [1.165, 1.54) is 24.3 Å². The fourth-order valence-corrected chi connectivity index (χ4v) is 3.49. The lowest BCUT2D eigenvalue weighted by Gasteiger charge is -2.23. The van der Waals surface area contributed by atoms with Crippen LogP contribution in [0, 0.1) is 0 Å². The van der Waals surface area contributed by atoms with Gasteiger partial charge in [0, 0.05) is 13.6 Å². The molecule has 25 heavy (non-hydrogen) atoms. The van der Waals surface area contributed by atoms with Crippen LogP contribution in [0.15, 0.2) is 53.4 Å². The molecule has 6 nitrogen and oxygen atoms in total. The summed E-state index contributed by atoms with van der Waals surface area (Å²) in [6.07, 6.45) is 1.95. The van der Waals surface area contributed by atoms with E-state index in [1.807, 2.05) is 11.9 Å². The van der Waals surface area contributed by atoms with Gasteiger partial charge >= 0.3 is 5.97 Å². The van der Waals surface area contributed by atoms with Gasteiger partial charge in [-0.05, 0) is 36.8 Å². The summed E-state index contributed by atoms with van der Waals surface area (Å²) < 4.78 is 27.7. The van der Waals surface area contributed by atoms with E-state index in [0.29, 0.717) is 5.69 Å². The molecule has 0 heterocycles. The van der Waals surface area contributed by atoms with E-state index in [4.69, 9.17) is 0 Å². The average molecular weight is 362 g/mol. The van der Waals surface area contributed by atoms with E-state index in [9.17, 15) is 18.3 Å². The molecule has 134 valence electrons. The van der Waals surface area contributed by atoms with Gasteiger partial charge in [-0.15, -0.1) is 0 Å². The van der Waals surface area contributed by atoms with Crippen molar-refractivity contribution >= 4 is 27.4 Å². The highest BCUT2D eigenvalue weighted by Gasteiger charge is 2.18. The van der Waals surface area contributed by atoms with Crippen molar-refractivity contribution in [3.8, 4) is 0 Å². The Bertz CT molecular complexity index is 835. The molecule has 0 amide bonds. The molecule has 0 fully saturated rings. The number of unbranched alkanes of at least 4 members (excludes halogenated alkanes) is 1. The Morgan fingerprint density at radius 3 is 2.44 bits per heavy atom.